The van der Waals surface area contributed by atoms with Crippen LogP contribution in [-0.4, -0.2) is 37.2 Å². The van der Waals surface area contributed by atoms with Crippen molar-refractivity contribution in [3.8, 4) is 5.69 Å². The lowest BCUT2D eigenvalue weighted by Gasteiger charge is -2.23. The molecule has 1 atom stereocenters. The Morgan fingerprint density at radius 1 is 1.03 bits per heavy atom. The van der Waals surface area contributed by atoms with Gasteiger partial charge in [-0.2, -0.15) is 0 Å². The number of anilines is 1. The summed E-state index contributed by atoms with van der Waals surface area (Å²) in [4.78, 5) is 27.3. The average Bonchev–Trinajstić information content (AvgIpc) is 3.35. The SMILES string of the molecule is Cc1ccccc1-n1c(CCNc2ncnc3c2ncn3C2CCCCO2)cc2cccc(C)c2c1=O. The molecule has 188 valence electrons. The van der Waals surface area contributed by atoms with Crippen molar-refractivity contribution in [2.24, 2.45) is 0 Å². The molecule has 1 unspecified atom stereocenters. The van der Waals surface area contributed by atoms with Crippen LogP contribution in [-0.2, 0) is 11.2 Å². The summed E-state index contributed by atoms with van der Waals surface area (Å²) < 4.78 is 9.80. The molecule has 1 aliphatic rings. The summed E-state index contributed by atoms with van der Waals surface area (Å²) in [6.07, 6.45) is 7.13. The number of rotatable bonds is 6. The third-order valence-corrected chi connectivity index (χ3v) is 7.19. The van der Waals surface area contributed by atoms with Crippen molar-refractivity contribution in [2.75, 3.05) is 18.5 Å². The predicted molar refractivity (Wildman–Crippen MR) is 145 cm³/mol. The summed E-state index contributed by atoms with van der Waals surface area (Å²) >= 11 is 0. The van der Waals surface area contributed by atoms with Gasteiger partial charge in [0.1, 0.15) is 12.6 Å². The van der Waals surface area contributed by atoms with Crippen molar-refractivity contribution in [2.45, 2.75) is 45.8 Å². The van der Waals surface area contributed by atoms with Gasteiger partial charge in [-0.25, -0.2) is 15.0 Å². The highest BCUT2D eigenvalue weighted by Gasteiger charge is 2.20. The number of aryl methyl sites for hydroxylation is 2. The summed E-state index contributed by atoms with van der Waals surface area (Å²) in [6, 6.07) is 16.1. The number of fused-ring (bicyclic) bond motifs is 2. The van der Waals surface area contributed by atoms with Gasteiger partial charge in [-0.3, -0.25) is 13.9 Å². The Bertz CT molecular complexity index is 1650. The summed E-state index contributed by atoms with van der Waals surface area (Å²) in [7, 11) is 0. The van der Waals surface area contributed by atoms with Gasteiger partial charge in [0, 0.05) is 25.3 Å². The molecular weight excluding hydrogens is 464 g/mol. The summed E-state index contributed by atoms with van der Waals surface area (Å²) in [5, 5.41) is 5.16. The summed E-state index contributed by atoms with van der Waals surface area (Å²) in [5.74, 6) is 0.681. The Balaban J connectivity index is 1.33. The van der Waals surface area contributed by atoms with Gasteiger partial charge in [0.05, 0.1) is 17.4 Å². The highest BCUT2D eigenvalue weighted by Crippen LogP contribution is 2.27. The number of imidazole rings is 1. The third-order valence-electron chi connectivity index (χ3n) is 7.19. The van der Waals surface area contributed by atoms with E-state index in [1.165, 1.54) is 0 Å². The topological polar surface area (TPSA) is 86.9 Å². The maximum Gasteiger partial charge on any atom is 0.263 e. The molecule has 2 aromatic carbocycles. The molecule has 1 aliphatic heterocycles. The van der Waals surface area contributed by atoms with Crippen molar-refractivity contribution >= 4 is 27.8 Å². The number of hydrogen-bond acceptors (Lipinski definition) is 6. The largest absolute Gasteiger partial charge is 0.368 e. The summed E-state index contributed by atoms with van der Waals surface area (Å²) in [5.41, 5.74) is 5.38. The fourth-order valence-corrected chi connectivity index (χ4v) is 5.30. The number of aromatic nitrogens is 5. The second-order valence-electron chi connectivity index (χ2n) is 9.65. The molecule has 8 heteroatoms. The molecule has 37 heavy (non-hydrogen) atoms. The molecule has 8 nitrogen and oxygen atoms in total. The van der Waals surface area contributed by atoms with Gasteiger partial charge in [-0.05, 0) is 61.8 Å². The molecule has 0 radical (unpaired) electrons. The van der Waals surface area contributed by atoms with E-state index in [2.05, 4.69) is 26.3 Å². The maximum atomic E-state index is 13.8. The van der Waals surface area contributed by atoms with E-state index in [0.29, 0.717) is 18.8 Å². The van der Waals surface area contributed by atoms with Gasteiger partial charge in [-0.15, -0.1) is 0 Å². The van der Waals surface area contributed by atoms with Crippen LogP contribution in [0.1, 0.15) is 42.3 Å². The first kappa shape index (κ1) is 23.4. The number of nitrogens with zero attached hydrogens (tertiary/aromatic N) is 5. The van der Waals surface area contributed by atoms with E-state index in [-0.39, 0.29) is 11.8 Å². The Morgan fingerprint density at radius 3 is 2.73 bits per heavy atom. The number of benzene rings is 2. The van der Waals surface area contributed by atoms with Crippen LogP contribution in [0, 0.1) is 13.8 Å². The molecule has 3 aromatic heterocycles. The Labute approximate surface area is 215 Å². The van der Waals surface area contributed by atoms with E-state index in [9.17, 15) is 4.79 Å². The zero-order valence-corrected chi connectivity index (χ0v) is 21.1. The van der Waals surface area contributed by atoms with Crippen molar-refractivity contribution in [3.05, 3.63) is 88.4 Å². The van der Waals surface area contributed by atoms with Gasteiger partial charge in [0.2, 0.25) is 0 Å². The minimum Gasteiger partial charge on any atom is -0.368 e. The molecule has 0 saturated carbocycles. The third kappa shape index (κ3) is 4.27. The molecule has 1 N–H and O–H groups in total. The molecule has 6 rings (SSSR count). The number of ether oxygens (including phenoxy) is 1. The summed E-state index contributed by atoms with van der Waals surface area (Å²) in [6.45, 7) is 5.37. The quantitative estimate of drug-likeness (QED) is 0.353. The van der Waals surface area contributed by atoms with Gasteiger partial charge in [-0.1, -0.05) is 36.4 Å². The zero-order valence-electron chi connectivity index (χ0n) is 21.1. The second kappa shape index (κ2) is 9.78. The van der Waals surface area contributed by atoms with Crippen molar-refractivity contribution in [3.63, 3.8) is 0 Å². The molecule has 1 fully saturated rings. The number of nitrogens with one attached hydrogen (secondary N) is 1. The highest BCUT2D eigenvalue weighted by atomic mass is 16.5. The lowest BCUT2D eigenvalue weighted by molar-refractivity contribution is -0.0298. The van der Waals surface area contributed by atoms with Crippen LogP contribution in [0.2, 0.25) is 0 Å². The minimum atomic E-state index is -0.0360. The lowest BCUT2D eigenvalue weighted by atomic mass is 10.0. The first-order valence-corrected chi connectivity index (χ1v) is 12.8. The lowest BCUT2D eigenvalue weighted by Crippen LogP contribution is -2.25. The molecule has 0 aliphatic carbocycles. The normalized spacial score (nSPS) is 15.9. The van der Waals surface area contributed by atoms with E-state index in [1.807, 2.05) is 65.4 Å². The van der Waals surface area contributed by atoms with Gasteiger partial charge in [0.25, 0.3) is 5.56 Å². The predicted octanol–water partition coefficient (Wildman–Crippen LogP) is 5.10. The zero-order chi connectivity index (χ0) is 25.4. The van der Waals surface area contributed by atoms with E-state index in [1.54, 1.807) is 12.7 Å². The molecule has 0 spiro atoms. The van der Waals surface area contributed by atoms with Gasteiger partial charge >= 0.3 is 0 Å². The molecule has 0 amide bonds. The van der Waals surface area contributed by atoms with E-state index in [4.69, 9.17) is 4.74 Å². The monoisotopic (exact) mass is 494 g/mol. The maximum absolute atomic E-state index is 13.8. The van der Waals surface area contributed by atoms with Crippen molar-refractivity contribution < 1.29 is 4.74 Å². The molecule has 1 saturated heterocycles. The van der Waals surface area contributed by atoms with Crippen LogP contribution < -0.4 is 10.9 Å². The van der Waals surface area contributed by atoms with Gasteiger partial charge in [0.15, 0.2) is 17.0 Å². The number of hydrogen-bond donors (Lipinski definition) is 1. The molecule has 4 heterocycles. The van der Waals surface area contributed by atoms with Crippen LogP contribution in [0.15, 0.2) is 66.0 Å². The number of para-hydroxylation sites is 1. The first-order chi connectivity index (χ1) is 18.1. The Morgan fingerprint density at radius 2 is 1.89 bits per heavy atom. The van der Waals surface area contributed by atoms with E-state index >= 15 is 0 Å². The minimum absolute atomic E-state index is 0.00977. The van der Waals surface area contributed by atoms with E-state index < -0.39 is 0 Å². The fourth-order valence-electron chi connectivity index (χ4n) is 5.30. The Hall–Kier alpha value is -4.04. The number of pyridine rings is 1. The molecule has 5 aromatic rings. The molecule has 0 bridgehead atoms. The van der Waals surface area contributed by atoms with Crippen LogP contribution in [0.25, 0.3) is 27.6 Å². The Kier molecular flexibility index (Phi) is 6.18. The fraction of sp³-hybridized carbons (Fsp3) is 0.310. The first-order valence-electron chi connectivity index (χ1n) is 12.8. The average molecular weight is 495 g/mol. The van der Waals surface area contributed by atoms with Crippen LogP contribution in [0.5, 0.6) is 0 Å². The van der Waals surface area contributed by atoms with Crippen molar-refractivity contribution in [1.29, 1.82) is 0 Å². The van der Waals surface area contributed by atoms with Crippen LogP contribution in [0.3, 0.4) is 0 Å². The van der Waals surface area contributed by atoms with Crippen molar-refractivity contribution in [1.82, 2.24) is 24.1 Å². The van der Waals surface area contributed by atoms with Crippen LogP contribution in [0.4, 0.5) is 5.82 Å². The van der Waals surface area contributed by atoms with E-state index in [0.717, 1.165) is 70.3 Å². The standard InChI is InChI=1S/C29H30N6O2/c1-19-8-3-4-11-23(19)35-22(16-21-10-7-9-20(2)25(21)29(35)36)13-14-30-27-26-28(32-17-31-27)34(18-33-26)24-12-5-6-15-37-24/h3-4,7-11,16-18,24H,5-6,12-15H2,1-2H3,(H,30,31,32). The molecular formula is C29H30N6O2. The highest BCUT2D eigenvalue weighted by molar-refractivity contribution is 5.86. The second-order valence-corrected chi connectivity index (χ2v) is 9.65. The van der Waals surface area contributed by atoms with Crippen LogP contribution >= 0.6 is 0 Å². The van der Waals surface area contributed by atoms with Gasteiger partial charge < -0.3 is 10.1 Å². The smallest absolute Gasteiger partial charge is 0.263 e.